The molecule has 0 bridgehead atoms. The standard InChI is InChI=1S/C18H19N3O5S2/c1-2-3-6-26-16-12(9-19)10-20-14-5-4-11(7-13(14)16)8-15-17(22)21-18(27-15)28(23,24)25/h4-5,7,10,15,18H,2-3,6,8H2,1H3,(H,21,22)(H,23,24,25). The van der Waals surface area contributed by atoms with Crippen molar-refractivity contribution in [3.63, 3.8) is 0 Å². The summed E-state index contributed by atoms with van der Waals surface area (Å²) < 4.78 is 36.1. The number of thioether (sulfide) groups is 1. The summed E-state index contributed by atoms with van der Waals surface area (Å²) in [7, 11) is -4.36. The van der Waals surface area contributed by atoms with Crippen LogP contribution < -0.4 is 10.1 Å². The van der Waals surface area contributed by atoms with Crippen molar-refractivity contribution in [2.75, 3.05) is 6.61 Å². The van der Waals surface area contributed by atoms with Gasteiger partial charge in [-0.15, -0.1) is 11.8 Å². The SMILES string of the molecule is CCCCOc1c(C#N)cnc2ccc(CC3SC(S(=O)(=O)O)NC3=O)cc12. The van der Waals surface area contributed by atoms with Crippen molar-refractivity contribution in [2.45, 2.75) is 36.1 Å². The number of rotatable bonds is 7. The van der Waals surface area contributed by atoms with Crippen molar-refractivity contribution >= 4 is 38.7 Å². The number of benzene rings is 1. The molecule has 0 radical (unpaired) electrons. The van der Waals surface area contributed by atoms with E-state index in [-0.39, 0.29) is 6.42 Å². The number of amides is 1. The lowest BCUT2D eigenvalue weighted by Crippen LogP contribution is -2.32. The van der Waals surface area contributed by atoms with E-state index >= 15 is 0 Å². The molecule has 0 spiro atoms. The van der Waals surface area contributed by atoms with Gasteiger partial charge >= 0.3 is 0 Å². The van der Waals surface area contributed by atoms with Gasteiger partial charge in [0.1, 0.15) is 17.4 Å². The predicted molar refractivity (Wildman–Crippen MR) is 105 cm³/mol. The topological polar surface area (TPSA) is 129 Å². The van der Waals surface area contributed by atoms with Gasteiger partial charge < -0.3 is 10.1 Å². The summed E-state index contributed by atoms with van der Waals surface area (Å²) in [4.78, 5) is 16.3. The fourth-order valence-electron chi connectivity index (χ4n) is 2.85. The highest BCUT2D eigenvalue weighted by Crippen LogP contribution is 2.32. The third kappa shape index (κ3) is 4.38. The maximum atomic E-state index is 12.1. The van der Waals surface area contributed by atoms with Gasteiger partial charge in [0.15, 0.2) is 0 Å². The molecule has 2 atom stereocenters. The van der Waals surface area contributed by atoms with Gasteiger partial charge in [0, 0.05) is 11.6 Å². The smallest absolute Gasteiger partial charge is 0.296 e. The summed E-state index contributed by atoms with van der Waals surface area (Å²) in [5, 5.41) is 11.7. The zero-order valence-corrected chi connectivity index (χ0v) is 16.7. The van der Waals surface area contributed by atoms with Crippen molar-refractivity contribution in [2.24, 2.45) is 0 Å². The molecule has 2 heterocycles. The Balaban J connectivity index is 1.90. The fraction of sp³-hybridized carbons (Fsp3) is 0.389. The number of fused-ring (bicyclic) bond motifs is 1. The molecule has 2 unspecified atom stereocenters. The number of unbranched alkanes of at least 4 members (excludes halogenated alkanes) is 1. The second kappa shape index (κ2) is 8.34. The van der Waals surface area contributed by atoms with E-state index in [0.29, 0.717) is 28.8 Å². The van der Waals surface area contributed by atoms with Gasteiger partial charge in [0.05, 0.1) is 17.4 Å². The second-order valence-electron chi connectivity index (χ2n) is 6.35. The van der Waals surface area contributed by atoms with Gasteiger partial charge in [0.25, 0.3) is 10.1 Å². The minimum Gasteiger partial charge on any atom is -0.491 e. The molecule has 2 N–H and O–H groups in total. The van der Waals surface area contributed by atoms with E-state index in [1.807, 2.05) is 6.92 Å². The summed E-state index contributed by atoms with van der Waals surface area (Å²) in [6.45, 7) is 2.52. The molecule has 1 aromatic heterocycles. The third-order valence-electron chi connectivity index (χ3n) is 4.28. The first-order valence-electron chi connectivity index (χ1n) is 8.70. The molecule has 28 heavy (non-hydrogen) atoms. The van der Waals surface area contributed by atoms with Crippen molar-refractivity contribution in [3.8, 4) is 11.8 Å². The Hall–Kier alpha value is -2.35. The molecule has 0 aliphatic carbocycles. The van der Waals surface area contributed by atoms with E-state index in [0.717, 1.165) is 30.2 Å². The van der Waals surface area contributed by atoms with E-state index in [9.17, 15) is 18.5 Å². The van der Waals surface area contributed by atoms with Crippen LogP contribution in [0.1, 0.15) is 30.9 Å². The van der Waals surface area contributed by atoms with Crippen LogP contribution in [0.3, 0.4) is 0 Å². The predicted octanol–water partition coefficient (Wildman–Crippen LogP) is 2.23. The van der Waals surface area contributed by atoms with Gasteiger partial charge in [-0.2, -0.15) is 13.7 Å². The molecule has 3 rings (SSSR count). The van der Waals surface area contributed by atoms with Crippen LogP contribution in [0.25, 0.3) is 10.9 Å². The van der Waals surface area contributed by atoms with Gasteiger partial charge in [0.2, 0.25) is 10.6 Å². The Labute approximate surface area is 167 Å². The van der Waals surface area contributed by atoms with Crippen molar-refractivity contribution in [3.05, 3.63) is 35.5 Å². The Morgan fingerprint density at radius 2 is 2.21 bits per heavy atom. The van der Waals surface area contributed by atoms with Gasteiger partial charge in [-0.1, -0.05) is 19.4 Å². The average molecular weight is 422 g/mol. The molecule has 0 saturated carbocycles. The van der Waals surface area contributed by atoms with Crippen molar-refractivity contribution in [1.29, 1.82) is 5.26 Å². The second-order valence-corrected chi connectivity index (χ2v) is 9.46. The molecule has 10 heteroatoms. The minimum absolute atomic E-state index is 0.268. The molecule has 1 aliphatic rings. The van der Waals surface area contributed by atoms with Crippen LogP contribution >= 0.6 is 11.8 Å². The zero-order chi connectivity index (χ0) is 20.3. The lowest BCUT2D eigenvalue weighted by atomic mass is 10.0. The van der Waals surface area contributed by atoms with Crippen LogP contribution in [0.4, 0.5) is 0 Å². The molecular weight excluding hydrogens is 402 g/mol. The Morgan fingerprint density at radius 1 is 1.43 bits per heavy atom. The maximum Gasteiger partial charge on any atom is 0.296 e. The molecular formula is C18H19N3O5S2. The van der Waals surface area contributed by atoms with Crippen LogP contribution in [0.15, 0.2) is 24.4 Å². The van der Waals surface area contributed by atoms with Crippen LogP contribution in [-0.4, -0.2) is 40.4 Å². The van der Waals surface area contributed by atoms with E-state index in [1.54, 1.807) is 18.2 Å². The first kappa shape index (κ1) is 20.4. The van der Waals surface area contributed by atoms with Gasteiger partial charge in [-0.3, -0.25) is 14.3 Å². The first-order chi connectivity index (χ1) is 13.3. The minimum atomic E-state index is -4.36. The lowest BCUT2D eigenvalue weighted by Gasteiger charge is -2.12. The fourth-order valence-corrected chi connectivity index (χ4v) is 5.04. The summed E-state index contributed by atoms with van der Waals surface area (Å²) >= 11 is 0.857. The normalized spacial score (nSPS) is 19.4. The molecule has 8 nitrogen and oxygen atoms in total. The molecule has 1 fully saturated rings. The number of carbonyl (C=O) groups is 1. The Morgan fingerprint density at radius 3 is 2.86 bits per heavy atom. The number of carbonyl (C=O) groups excluding carboxylic acids is 1. The van der Waals surface area contributed by atoms with E-state index in [4.69, 9.17) is 9.29 Å². The molecule has 1 saturated heterocycles. The molecule has 148 valence electrons. The zero-order valence-electron chi connectivity index (χ0n) is 15.1. The number of nitriles is 1. The van der Waals surface area contributed by atoms with E-state index in [1.165, 1.54) is 6.20 Å². The van der Waals surface area contributed by atoms with Crippen molar-refractivity contribution in [1.82, 2.24) is 10.3 Å². The maximum absolute atomic E-state index is 12.1. The molecule has 2 aromatic rings. The van der Waals surface area contributed by atoms with Crippen LogP contribution in [0.5, 0.6) is 5.75 Å². The largest absolute Gasteiger partial charge is 0.491 e. The summed E-state index contributed by atoms with van der Waals surface area (Å²) in [5.41, 5.74) is 1.77. The lowest BCUT2D eigenvalue weighted by molar-refractivity contribution is -0.119. The highest BCUT2D eigenvalue weighted by Gasteiger charge is 2.39. The number of nitrogens with one attached hydrogen (secondary N) is 1. The summed E-state index contributed by atoms with van der Waals surface area (Å²) in [6.07, 6.45) is 3.55. The summed E-state index contributed by atoms with van der Waals surface area (Å²) in [6, 6.07) is 7.46. The molecule has 1 amide bonds. The number of ether oxygens (including phenoxy) is 1. The monoisotopic (exact) mass is 421 g/mol. The van der Waals surface area contributed by atoms with Crippen molar-refractivity contribution < 1.29 is 22.5 Å². The Kier molecular flexibility index (Phi) is 6.07. The molecule has 1 aromatic carbocycles. The highest BCUT2D eigenvalue weighted by molar-refractivity contribution is 8.12. The summed E-state index contributed by atoms with van der Waals surface area (Å²) in [5.74, 6) is 0.0122. The number of hydrogen-bond acceptors (Lipinski definition) is 7. The van der Waals surface area contributed by atoms with Crippen LogP contribution in [0, 0.1) is 11.3 Å². The number of pyridine rings is 1. The van der Waals surface area contributed by atoms with Gasteiger partial charge in [-0.05, 0) is 30.5 Å². The van der Waals surface area contributed by atoms with Gasteiger partial charge in [-0.25, -0.2) is 0 Å². The van der Waals surface area contributed by atoms with E-state index < -0.39 is 26.0 Å². The van der Waals surface area contributed by atoms with Crippen LogP contribution in [0.2, 0.25) is 0 Å². The third-order valence-corrected chi connectivity index (χ3v) is 7.08. The number of nitrogens with zero attached hydrogens (tertiary/aromatic N) is 2. The van der Waals surface area contributed by atoms with E-state index in [2.05, 4.69) is 16.4 Å². The average Bonchev–Trinajstić information content (AvgIpc) is 3.03. The number of hydrogen-bond donors (Lipinski definition) is 2. The highest BCUT2D eigenvalue weighted by atomic mass is 32.3. The Bertz CT molecular complexity index is 1050. The quantitative estimate of drug-likeness (QED) is 0.514. The van der Waals surface area contributed by atoms with Crippen LogP contribution in [-0.2, 0) is 21.3 Å². The molecule has 1 aliphatic heterocycles. The number of aromatic nitrogens is 1. The first-order valence-corrected chi connectivity index (χ1v) is 11.1.